The minimum absolute atomic E-state index is 0.292. The lowest BCUT2D eigenvalue weighted by Gasteiger charge is -2.33. The van der Waals surface area contributed by atoms with Crippen LogP contribution in [0.4, 0.5) is 0 Å². The summed E-state index contributed by atoms with van der Waals surface area (Å²) in [4.78, 5) is 2.35. The molecule has 1 aliphatic rings. The van der Waals surface area contributed by atoms with Gasteiger partial charge in [0.1, 0.15) is 0 Å². The predicted octanol–water partition coefficient (Wildman–Crippen LogP) is 1.12. The van der Waals surface area contributed by atoms with Crippen molar-refractivity contribution in [2.24, 2.45) is 0 Å². The van der Waals surface area contributed by atoms with Crippen molar-refractivity contribution in [3.63, 3.8) is 0 Å². The van der Waals surface area contributed by atoms with Crippen LogP contribution >= 0.6 is 0 Å². The van der Waals surface area contributed by atoms with Gasteiger partial charge in [0.15, 0.2) is 0 Å². The van der Waals surface area contributed by atoms with Gasteiger partial charge in [0.2, 0.25) is 10.0 Å². The Labute approximate surface area is 124 Å². The minimum Gasteiger partial charge on any atom is -0.315 e. The van der Waals surface area contributed by atoms with Crippen LogP contribution in [0.5, 0.6) is 0 Å². The minimum atomic E-state index is -3.04. The highest BCUT2D eigenvalue weighted by molar-refractivity contribution is 7.89. The Morgan fingerprint density at radius 2 is 1.75 bits per heavy atom. The van der Waals surface area contributed by atoms with Crippen LogP contribution in [0.25, 0.3) is 0 Å². The van der Waals surface area contributed by atoms with Gasteiger partial charge in [-0.15, -0.1) is 0 Å². The average Bonchev–Trinajstić information content (AvgIpc) is 2.39. The first-order valence-corrected chi connectivity index (χ1v) is 9.50. The molecule has 6 heteroatoms. The van der Waals surface area contributed by atoms with Crippen LogP contribution in [-0.2, 0) is 10.0 Å². The van der Waals surface area contributed by atoms with Gasteiger partial charge in [0, 0.05) is 32.2 Å². The molecule has 1 aliphatic heterocycles. The van der Waals surface area contributed by atoms with Crippen molar-refractivity contribution >= 4 is 10.0 Å². The van der Waals surface area contributed by atoms with Crippen LogP contribution in [0.15, 0.2) is 0 Å². The quantitative estimate of drug-likeness (QED) is 0.649. The number of unbranched alkanes of at least 4 members (excludes halogenated alkanes) is 1. The van der Waals surface area contributed by atoms with Crippen LogP contribution in [-0.4, -0.2) is 68.7 Å². The van der Waals surface area contributed by atoms with E-state index in [1.807, 2.05) is 0 Å². The van der Waals surface area contributed by atoms with Gasteiger partial charge in [0.25, 0.3) is 0 Å². The summed E-state index contributed by atoms with van der Waals surface area (Å²) in [6, 6.07) is 0.471. The molecule has 20 heavy (non-hydrogen) atoms. The van der Waals surface area contributed by atoms with E-state index in [1.54, 1.807) is 4.31 Å². The molecule has 120 valence electrons. The summed E-state index contributed by atoms with van der Waals surface area (Å²) in [5.41, 5.74) is 0. The smallest absolute Gasteiger partial charge is 0.214 e. The van der Waals surface area contributed by atoms with E-state index in [2.05, 4.69) is 31.0 Å². The monoisotopic (exact) mass is 305 g/mol. The summed E-state index contributed by atoms with van der Waals surface area (Å²) in [6.45, 7) is 11.4. The standard InChI is InChI=1S/C14H31N3O2S/c1-4-8-16-9-11-17(12-10-16)20(18,19)13-6-5-7-15-14(2)3/h14-15H,4-13H2,1-3H3. The zero-order valence-corrected chi connectivity index (χ0v) is 14.1. The maximum atomic E-state index is 12.2. The third kappa shape index (κ3) is 6.52. The second-order valence-corrected chi connectivity index (χ2v) is 7.96. The molecule has 0 aliphatic carbocycles. The lowest BCUT2D eigenvalue weighted by molar-refractivity contribution is 0.188. The van der Waals surface area contributed by atoms with Gasteiger partial charge < -0.3 is 10.2 Å². The van der Waals surface area contributed by atoms with Crippen LogP contribution in [0.2, 0.25) is 0 Å². The third-order valence-corrected chi connectivity index (χ3v) is 5.60. The lowest BCUT2D eigenvalue weighted by Crippen LogP contribution is -2.49. The summed E-state index contributed by atoms with van der Waals surface area (Å²) in [5, 5.41) is 3.32. The molecule has 0 bridgehead atoms. The summed E-state index contributed by atoms with van der Waals surface area (Å²) >= 11 is 0. The summed E-state index contributed by atoms with van der Waals surface area (Å²) in [5.74, 6) is 0.292. The van der Waals surface area contributed by atoms with Gasteiger partial charge in [-0.05, 0) is 32.4 Å². The highest BCUT2D eigenvalue weighted by Gasteiger charge is 2.25. The van der Waals surface area contributed by atoms with Crippen molar-refractivity contribution in [1.29, 1.82) is 0 Å². The fourth-order valence-electron chi connectivity index (χ4n) is 2.48. The van der Waals surface area contributed by atoms with Crippen molar-refractivity contribution in [2.75, 3.05) is 45.0 Å². The summed E-state index contributed by atoms with van der Waals surface area (Å²) in [7, 11) is -3.04. The van der Waals surface area contributed by atoms with E-state index in [0.717, 1.165) is 45.4 Å². The van der Waals surface area contributed by atoms with Crippen molar-refractivity contribution in [1.82, 2.24) is 14.5 Å². The Hall–Kier alpha value is -0.170. The molecular formula is C14H31N3O2S. The zero-order valence-electron chi connectivity index (χ0n) is 13.3. The maximum Gasteiger partial charge on any atom is 0.214 e. The first kappa shape index (κ1) is 17.9. The van der Waals surface area contributed by atoms with E-state index in [-0.39, 0.29) is 0 Å². The molecule has 1 fully saturated rings. The van der Waals surface area contributed by atoms with Gasteiger partial charge >= 0.3 is 0 Å². The fourth-order valence-corrected chi connectivity index (χ4v) is 4.02. The Morgan fingerprint density at radius 1 is 1.10 bits per heavy atom. The topological polar surface area (TPSA) is 52.7 Å². The number of hydrogen-bond donors (Lipinski definition) is 1. The molecule has 1 heterocycles. The molecule has 0 unspecified atom stereocenters. The molecule has 0 atom stereocenters. The van der Waals surface area contributed by atoms with E-state index >= 15 is 0 Å². The van der Waals surface area contributed by atoms with Gasteiger partial charge in [-0.25, -0.2) is 8.42 Å². The Balaban J connectivity index is 2.24. The molecule has 0 amide bonds. The maximum absolute atomic E-state index is 12.2. The van der Waals surface area contributed by atoms with Gasteiger partial charge in [-0.2, -0.15) is 4.31 Å². The number of nitrogens with one attached hydrogen (secondary N) is 1. The Morgan fingerprint density at radius 3 is 2.30 bits per heavy atom. The van der Waals surface area contributed by atoms with Gasteiger partial charge in [-0.1, -0.05) is 20.8 Å². The molecular weight excluding hydrogens is 274 g/mol. The highest BCUT2D eigenvalue weighted by Crippen LogP contribution is 2.10. The first-order chi connectivity index (χ1) is 9.45. The van der Waals surface area contributed by atoms with E-state index in [0.29, 0.717) is 24.9 Å². The van der Waals surface area contributed by atoms with Crippen molar-refractivity contribution < 1.29 is 8.42 Å². The number of sulfonamides is 1. The van der Waals surface area contributed by atoms with Crippen molar-refractivity contribution in [2.45, 2.75) is 46.1 Å². The van der Waals surface area contributed by atoms with Crippen LogP contribution in [0.3, 0.4) is 0 Å². The largest absolute Gasteiger partial charge is 0.315 e. The summed E-state index contributed by atoms with van der Waals surface area (Å²) in [6.07, 6.45) is 2.81. The molecule has 0 aromatic rings. The highest BCUT2D eigenvalue weighted by atomic mass is 32.2. The van der Waals surface area contributed by atoms with E-state index < -0.39 is 10.0 Å². The van der Waals surface area contributed by atoms with Crippen molar-refractivity contribution in [3.8, 4) is 0 Å². The molecule has 0 saturated carbocycles. The number of rotatable bonds is 9. The zero-order chi connectivity index (χ0) is 15.0. The van der Waals surface area contributed by atoms with E-state index in [9.17, 15) is 8.42 Å². The molecule has 5 nitrogen and oxygen atoms in total. The lowest BCUT2D eigenvalue weighted by atomic mass is 10.3. The molecule has 1 N–H and O–H groups in total. The SMILES string of the molecule is CCCN1CCN(S(=O)(=O)CCCCNC(C)C)CC1. The third-order valence-electron chi connectivity index (χ3n) is 3.65. The predicted molar refractivity (Wildman–Crippen MR) is 84.5 cm³/mol. The molecule has 1 rings (SSSR count). The van der Waals surface area contributed by atoms with Gasteiger partial charge in [0.05, 0.1) is 5.75 Å². The normalized spacial score (nSPS) is 18.8. The van der Waals surface area contributed by atoms with Crippen molar-refractivity contribution in [3.05, 3.63) is 0 Å². The molecule has 0 aromatic heterocycles. The van der Waals surface area contributed by atoms with E-state index in [1.165, 1.54) is 0 Å². The molecule has 0 aromatic carbocycles. The summed E-state index contributed by atoms with van der Waals surface area (Å²) < 4.78 is 26.1. The number of piperazine rings is 1. The first-order valence-electron chi connectivity index (χ1n) is 7.89. The Bertz CT molecular complexity index is 349. The average molecular weight is 305 g/mol. The number of hydrogen-bond acceptors (Lipinski definition) is 4. The molecule has 0 radical (unpaired) electrons. The van der Waals surface area contributed by atoms with Gasteiger partial charge in [-0.3, -0.25) is 0 Å². The van der Waals surface area contributed by atoms with E-state index in [4.69, 9.17) is 0 Å². The van der Waals surface area contributed by atoms with Crippen LogP contribution in [0.1, 0.15) is 40.0 Å². The Kier molecular flexibility index (Phi) is 8.02. The number of nitrogens with zero attached hydrogens (tertiary/aromatic N) is 2. The van der Waals surface area contributed by atoms with Crippen LogP contribution in [0, 0.1) is 0 Å². The molecule has 1 saturated heterocycles. The second-order valence-electron chi connectivity index (χ2n) is 5.87. The second kappa shape index (κ2) is 8.97. The molecule has 0 spiro atoms. The van der Waals surface area contributed by atoms with Crippen LogP contribution < -0.4 is 5.32 Å². The fraction of sp³-hybridized carbons (Fsp3) is 1.00.